The minimum absolute atomic E-state index is 0.197. The van der Waals surface area contributed by atoms with Crippen molar-refractivity contribution in [3.8, 4) is 5.75 Å². The number of hydrogen-bond donors (Lipinski definition) is 1. The van der Waals surface area contributed by atoms with Crippen LogP contribution >= 0.6 is 11.8 Å². The summed E-state index contributed by atoms with van der Waals surface area (Å²) in [5, 5.41) is 3.25. The molecule has 1 aromatic carbocycles. The van der Waals surface area contributed by atoms with Gasteiger partial charge >= 0.3 is 6.61 Å². The third-order valence-corrected chi connectivity index (χ3v) is 2.57. The second-order valence-electron chi connectivity index (χ2n) is 3.19. The van der Waals surface area contributed by atoms with Gasteiger partial charge in [-0.3, -0.25) is 0 Å². The van der Waals surface area contributed by atoms with Crippen LogP contribution in [0.4, 0.5) is 8.78 Å². The van der Waals surface area contributed by atoms with Crippen LogP contribution in [0.25, 0.3) is 0 Å². The van der Waals surface area contributed by atoms with Gasteiger partial charge in [0.05, 0.1) is 0 Å². The summed E-state index contributed by atoms with van der Waals surface area (Å²) < 4.78 is 28.0. The zero-order valence-corrected chi connectivity index (χ0v) is 9.90. The van der Waals surface area contributed by atoms with Gasteiger partial charge in [-0.25, -0.2) is 0 Å². The molecule has 16 heavy (non-hydrogen) atoms. The molecule has 0 aliphatic heterocycles. The molecule has 0 aliphatic rings. The van der Waals surface area contributed by atoms with E-state index in [4.69, 9.17) is 0 Å². The van der Waals surface area contributed by atoms with Crippen molar-refractivity contribution >= 4 is 11.8 Å². The third kappa shape index (κ3) is 5.32. The highest BCUT2D eigenvalue weighted by atomic mass is 32.2. The molecule has 0 unspecified atom stereocenters. The normalized spacial score (nSPS) is 10.8. The van der Waals surface area contributed by atoms with Gasteiger partial charge in [-0.2, -0.15) is 20.5 Å². The Morgan fingerprint density at radius 3 is 2.56 bits per heavy atom. The van der Waals surface area contributed by atoms with Crippen molar-refractivity contribution in [3.05, 3.63) is 29.8 Å². The van der Waals surface area contributed by atoms with Crippen molar-refractivity contribution in [2.45, 2.75) is 13.2 Å². The molecule has 0 atom stereocenters. The summed E-state index contributed by atoms with van der Waals surface area (Å²) in [6.07, 6.45) is 2.05. The number of thioether (sulfide) groups is 1. The Hall–Kier alpha value is -0.810. The monoisotopic (exact) mass is 247 g/mol. The van der Waals surface area contributed by atoms with Gasteiger partial charge in [-0.15, -0.1) is 0 Å². The molecule has 0 heterocycles. The zero-order chi connectivity index (χ0) is 11.8. The molecule has 5 heteroatoms. The predicted octanol–water partition coefficient (Wildman–Crippen LogP) is 2.74. The van der Waals surface area contributed by atoms with Gasteiger partial charge < -0.3 is 10.1 Å². The number of rotatable bonds is 7. The second-order valence-corrected chi connectivity index (χ2v) is 4.18. The van der Waals surface area contributed by atoms with Crippen molar-refractivity contribution in [3.63, 3.8) is 0 Å². The van der Waals surface area contributed by atoms with Crippen LogP contribution in [0.15, 0.2) is 24.3 Å². The lowest BCUT2D eigenvalue weighted by atomic mass is 10.2. The van der Waals surface area contributed by atoms with Crippen LogP contribution in [0.5, 0.6) is 5.75 Å². The Labute approximate surface area is 98.4 Å². The van der Waals surface area contributed by atoms with Gasteiger partial charge in [0.25, 0.3) is 0 Å². The van der Waals surface area contributed by atoms with Crippen molar-refractivity contribution in [2.24, 2.45) is 0 Å². The Kier molecular flexibility index (Phi) is 6.18. The number of hydrogen-bond acceptors (Lipinski definition) is 3. The summed E-state index contributed by atoms with van der Waals surface area (Å²) in [6.45, 7) is -1.07. The lowest BCUT2D eigenvalue weighted by Gasteiger charge is -2.06. The average Bonchev–Trinajstić information content (AvgIpc) is 2.26. The van der Waals surface area contributed by atoms with Crippen LogP contribution in [0.1, 0.15) is 5.56 Å². The first kappa shape index (κ1) is 13.3. The first-order chi connectivity index (χ1) is 7.72. The quantitative estimate of drug-likeness (QED) is 0.749. The molecule has 1 N–H and O–H groups in total. The van der Waals surface area contributed by atoms with Gasteiger partial charge in [0.2, 0.25) is 0 Å². The molecule has 0 radical (unpaired) electrons. The largest absolute Gasteiger partial charge is 0.435 e. The molecule has 90 valence electrons. The maximum atomic E-state index is 11.9. The van der Waals surface area contributed by atoms with E-state index < -0.39 is 6.61 Å². The van der Waals surface area contributed by atoms with E-state index in [1.165, 1.54) is 0 Å². The summed E-state index contributed by atoms with van der Waals surface area (Å²) in [4.78, 5) is 0. The molecular formula is C11H15F2NOS. The number of halogens is 2. The highest BCUT2D eigenvalue weighted by Gasteiger charge is 2.03. The summed E-state index contributed by atoms with van der Waals surface area (Å²) in [5.74, 6) is 1.26. The minimum Gasteiger partial charge on any atom is -0.435 e. The molecule has 0 bridgehead atoms. The molecule has 1 aromatic rings. The molecule has 0 spiro atoms. The maximum Gasteiger partial charge on any atom is 0.387 e. The number of benzene rings is 1. The van der Waals surface area contributed by atoms with E-state index in [2.05, 4.69) is 16.3 Å². The Bertz CT molecular complexity index is 293. The smallest absolute Gasteiger partial charge is 0.387 e. The predicted molar refractivity (Wildman–Crippen MR) is 63.2 cm³/mol. The zero-order valence-electron chi connectivity index (χ0n) is 9.08. The van der Waals surface area contributed by atoms with Gasteiger partial charge in [0.15, 0.2) is 0 Å². The van der Waals surface area contributed by atoms with Gasteiger partial charge in [-0.05, 0) is 24.0 Å². The van der Waals surface area contributed by atoms with E-state index in [0.717, 1.165) is 24.4 Å². The average molecular weight is 247 g/mol. The number of nitrogens with one attached hydrogen (secondary N) is 1. The van der Waals surface area contributed by atoms with Gasteiger partial charge in [-0.1, -0.05) is 12.1 Å². The SMILES string of the molecule is CSCCNCc1ccc(OC(F)F)cc1. The molecule has 0 aromatic heterocycles. The molecular weight excluding hydrogens is 232 g/mol. The van der Waals surface area contributed by atoms with E-state index >= 15 is 0 Å². The van der Waals surface area contributed by atoms with Crippen LogP contribution in [0.2, 0.25) is 0 Å². The second kappa shape index (κ2) is 7.46. The Balaban J connectivity index is 2.33. The topological polar surface area (TPSA) is 21.3 Å². The van der Waals surface area contributed by atoms with Crippen molar-refractivity contribution < 1.29 is 13.5 Å². The fourth-order valence-electron chi connectivity index (χ4n) is 1.20. The van der Waals surface area contributed by atoms with Crippen LogP contribution in [-0.4, -0.2) is 25.2 Å². The standard InChI is InChI=1S/C11H15F2NOS/c1-16-7-6-14-8-9-2-4-10(5-3-9)15-11(12)13/h2-5,11,14H,6-8H2,1H3. The first-order valence-corrected chi connectivity index (χ1v) is 6.35. The number of ether oxygens (including phenoxy) is 1. The Morgan fingerprint density at radius 1 is 1.31 bits per heavy atom. The first-order valence-electron chi connectivity index (χ1n) is 4.96. The highest BCUT2D eigenvalue weighted by Crippen LogP contribution is 2.14. The third-order valence-electron chi connectivity index (χ3n) is 1.96. The van der Waals surface area contributed by atoms with E-state index in [-0.39, 0.29) is 5.75 Å². The molecule has 0 saturated carbocycles. The van der Waals surface area contributed by atoms with Crippen LogP contribution < -0.4 is 10.1 Å². The van der Waals surface area contributed by atoms with E-state index in [1.54, 1.807) is 36.0 Å². The van der Waals surface area contributed by atoms with Crippen molar-refractivity contribution in [2.75, 3.05) is 18.6 Å². The highest BCUT2D eigenvalue weighted by molar-refractivity contribution is 7.98. The van der Waals surface area contributed by atoms with E-state index in [0.29, 0.717) is 0 Å². The molecule has 1 rings (SSSR count). The minimum atomic E-state index is -2.76. The Morgan fingerprint density at radius 2 is 2.00 bits per heavy atom. The van der Waals surface area contributed by atoms with Gasteiger partial charge in [0, 0.05) is 18.8 Å². The van der Waals surface area contributed by atoms with Crippen molar-refractivity contribution in [1.29, 1.82) is 0 Å². The summed E-state index contributed by atoms with van der Waals surface area (Å²) in [6, 6.07) is 6.67. The molecule has 0 saturated heterocycles. The van der Waals surface area contributed by atoms with E-state index in [1.807, 2.05) is 0 Å². The van der Waals surface area contributed by atoms with Crippen LogP contribution in [0.3, 0.4) is 0 Å². The van der Waals surface area contributed by atoms with Crippen LogP contribution in [0, 0.1) is 0 Å². The molecule has 0 aliphatic carbocycles. The lowest BCUT2D eigenvalue weighted by Crippen LogP contribution is -2.16. The van der Waals surface area contributed by atoms with Crippen molar-refractivity contribution in [1.82, 2.24) is 5.32 Å². The van der Waals surface area contributed by atoms with Crippen LogP contribution in [-0.2, 0) is 6.54 Å². The fraction of sp³-hybridized carbons (Fsp3) is 0.455. The summed E-state index contributed by atoms with van der Waals surface area (Å²) >= 11 is 1.78. The summed E-state index contributed by atoms with van der Waals surface area (Å²) in [7, 11) is 0. The maximum absolute atomic E-state index is 11.9. The van der Waals surface area contributed by atoms with Gasteiger partial charge in [0.1, 0.15) is 5.75 Å². The molecule has 2 nitrogen and oxygen atoms in total. The summed E-state index contributed by atoms with van der Waals surface area (Å²) in [5.41, 5.74) is 1.06. The lowest BCUT2D eigenvalue weighted by molar-refractivity contribution is -0.0498. The number of alkyl halides is 2. The van der Waals surface area contributed by atoms with E-state index in [9.17, 15) is 8.78 Å². The molecule has 0 amide bonds. The molecule has 0 fully saturated rings. The fourth-order valence-corrected chi connectivity index (χ4v) is 1.54.